The fraction of sp³-hybridized carbons (Fsp3) is 0.625. The molecule has 110 valence electrons. The van der Waals surface area contributed by atoms with E-state index in [0.717, 1.165) is 24.0 Å². The standard InChI is InChI=1S/C16H25N3O/c1-20-16-6-5-14(17)10-13(16)11-18-7-3-9-19-8-2-4-15(19)12-18/h5-6,10,15H,2-4,7-9,11-12,17H2,1H3. The first kappa shape index (κ1) is 13.7. The zero-order valence-corrected chi connectivity index (χ0v) is 12.3. The van der Waals surface area contributed by atoms with Crippen LogP contribution in [0.5, 0.6) is 5.75 Å². The minimum atomic E-state index is 0.754. The Kier molecular flexibility index (Phi) is 4.13. The van der Waals surface area contributed by atoms with Crippen LogP contribution < -0.4 is 10.5 Å². The summed E-state index contributed by atoms with van der Waals surface area (Å²) in [7, 11) is 1.73. The van der Waals surface area contributed by atoms with Gasteiger partial charge in [-0.1, -0.05) is 0 Å². The quantitative estimate of drug-likeness (QED) is 0.856. The Hall–Kier alpha value is -1.26. The molecule has 1 unspecified atom stereocenters. The van der Waals surface area contributed by atoms with Crippen molar-refractivity contribution in [1.29, 1.82) is 0 Å². The molecule has 0 radical (unpaired) electrons. The second-order valence-electron chi connectivity index (χ2n) is 5.99. The molecule has 2 aliphatic rings. The van der Waals surface area contributed by atoms with Crippen molar-refractivity contribution >= 4 is 5.69 Å². The summed E-state index contributed by atoms with van der Waals surface area (Å²) >= 11 is 0. The summed E-state index contributed by atoms with van der Waals surface area (Å²) in [6, 6.07) is 6.69. The molecule has 2 heterocycles. The number of hydrogen-bond donors (Lipinski definition) is 1. The van der Waals surface area contributed by atoms with E-state index < -0.39 is 0 Å². The second-order valence-corrected chi connectivity index (χ2v) is 5.99. The summed E-state index contributed by atoms with van der Waals surface area (Å²) in [6.45, 7) is 5.84. The normalized spacial score (nSPS) is 24.4. The summed E-state index contributed by atoms with van der Waals surface area (Å²) in [5.41, 5.74) is 7.95. The Morgan fingerprint density at radius 3 is 2.95 bits per heavy atom. The molecule has 1 atom stereocenters. The Bertz CT molecular complexity index is 463. The van der Waals surface area contributed by atoms with Gasteiger partial charge in [0.25, 0.3) is 0 Å². The smallest absolute Gasteiger partial charge is 0.123 e. The lowest BCUT2D eigenvalue weighted by molar-refractivity contribution is 0.214. The van der Waals surface area contributed by atoms with Crippen molar-refractivity contribution in [3.8, 4) is 5.75 Å². The Morgan fingerprint density at radius 2 is 2.10 bits per heavy atom. The molecule has 0 amide bonds. The Labute approximate surface area is 121 Å². The third-order valence-electron chi connectivity index (χ3n) is 4.59. The van der Waals surface area contributed by atoms with Gasteiger partial charge in [-0.25, -0.2) is 0 Å². The van der Waals surface area contributed by atoms with Gasteiger partial charge in [0.1, 0.15) is 5.75 Å². The van der Waals surface area contributed by atoms with E-state index in [-0.39, 0.29) is 0 Å². The average Bonchev–Trinajstić information content (AvgIpc) is 2.78. The van der Waals surface area contributed by atoms with Crippen molar-refractivity contribution in [3.05, 3.63) is 23.8 Å². The number of rotatable bonds is 3. The number of fused-ring (bicyclic) bond motifs is 1. The molecule has 0 spiro atoms. The van der Waals surface area contributed by atoms with Crippen molar-refractivity contribution in [2.45, 2.75) is 31.8 Å². The summed E-state index contributed by atoms with van der Waals surface area (Å²) in [5, 5.41) is 0. The average molecular weight is 275 g/mol. The van der Waals surface area contributed by atoms with Crippen molar-refractivity contribution in [2.24, 2.45) is 0 Å². The highest BCUT2D eigenvalue weighted by molar-refractivity contribution is 5.47. The number of methoxy groups -OCH3 is 1. The molecular formula is C16H25N3O. The van der Waals surface area contributed by atoms with Crippen molar-refractivity contribution in [1.82, 2.24) is 9.80 Å². The lowest BCUT2D eigenvalue weighted by Crippen LogP contribution is -2.36. The van der Waals surface area contributed by atoms with E-state index in [0.29, 0.717) is 0 Å². The maximum absolute atomic E-state index is 5.92. The molecule has 2 fully saturated rings. The third-order valence-corrected chi connectivity index (χ3v) is 4.59. The Morgan fingerprint density at radius 1 is 1.25 bits per heavy atom. The molecule has 3 rings (SSSR count). The zero-order chi connectivity index (χ0) is 13.9. The highest BCUT2D eigenvalue weighted by atomic mass is 16.5. The monoisotopic (exact) mass is 275 g/mol. The molecule has 0 bridgehead atoms. The van der Waals surface area contributed by atoms with Crippen LogP contribution in [0.4, 0.5) is 5.69 Å². The van der Waals surface area contributed by atoms with Crippen LogP contribution in [0, 0.1) is 0 Å². The van der Waals surface area contributed by atoms with E-state index in [1.807, 2.05) is 12.1 Å². The van der Waals surface area contributed by atoms with Crippen molar-refractivity contribution < 1.29 is 4.74 Å². The van der Waals surface area contributed by atoms with Gasteiger partial charge in [0.15, 0.2) is 0 Å². The lowest BCUT2D eigenvalue weighted by atomic mass is 10.1. The van der Waals surface area contributed by atoms with E-state index in [1.54, 1.807) is 7.11 Å². The van der Waals surface area contributed by atoms with Crippen LogP contribution >= 0.6 is 0 Å². The fourth-order valence-electron chi connectivity index (χ4n) is 3.59. The van der Waals surface area contributed by atoms with Gasteiger partial charge < -0.3 is 10.5 Å². The van der Waals surface area contributed by atoms with Gasteiger partial charge in [-0.2, -0.15) is 0 Å². The highest BCUT2D eigenvalue weighted by Crippen LogP contribution is 2.26. The molecule has 0 saturated carbocycles. The van der Waals surface area contributed by atoms with Crippen LogP contribution in [0.2, 0.25) is 0 Å². The summed E-state index contributed by atoms with van der Waals surface area (Å²) in [4.78, 5) is 5.23. The SMILES string of the molecule is COc1ccc(N)cc1CN1CCCN2CCCC2C1. The summed E-state index contributed by atoms with van der Waals surface area (Å²) in [5.74, 6) is 0.951. The van der Waals surface area contributed by atoms with Gasteiger partial charge in [-0.3, -0.25) is 9.80 Å². The van der Waals surface area contributed by atoms with E-state index in [4.69, 9.17) is 10.5 Å². The molecule has 0 aromatic heterocycles. The first-order chi connectivity index (χ1) is 9.76. The van der Waals surface area contributed by atoms with Crippen molar-refractivity contribution in [2.75, 3.05) is 39.0 Å². The molecule has 2 aliphatic heterocycles. The molecule has 1 aromatic rings. The van der Waals surface area contributed by atoms with Gasteiger partial charge in [0, 0.05) is 30.4 Å². The first-order valence-electron chi connectivity index (χ1n) is 7.65. The molecule has 2 N–H and O–H groups in total. The van der Waals surface area contributed by atoms with E-state index >= 15 is 0 Å². The molecule has 2 saturated heterocycles. The van der Waals surface area contributed by atoms with Crippen LogP contribution in [-0.2, 0) is 6.54 Å². The topological polar surface area (TPSA) is 41.7 Å². The lowest BCUT2D eigenvalue weighted by Gasteiger charge is -2.26. The Balaban J connectivity index is 1.72. The number of hydrogen-bond acceptors (Lipinski definition) is 4. The number of nitrogens with two attached hydrogens (primary N) is 1. The van der Waals surface area contributed by atoms with Crippen LogP contribution in [0.1, 0.15) is 24.8 Å². The molecule has 4 nitrogen and oxygen atoms in total. The van der Waals surface area contributed by atoms with E-state index in [2.05, 4.69) is 15.9 Å². The predicted octanol–water partition coefficient (Wildman–Crippen LogP) is 1.95. The van der Waals surface area contributed by atoms with Gasteiger partial charge in [-0.15, -0.1) is 0 Å². The van der Waals surface area contributed by atoms with Crippen molar-refractivity contribution in [3.63, 3.8) is 0 Å². The minimum Gasteiger partial charge on any atom is -0.496 e. The maximum Gasteiger partial charge on any atom is 0.123 e. The second kappa shape index (κ2) is 6.02. The van der Waals surface area contributed by atoms with Crippen LogP contribution in [0.15, 0.2) is 18.2 Å². The molecule has 1 aromatic carbocycles. The number of nitrogens with zero attached hydrogens (tertiary/aromatic N) is 2. The first-order valence-corrected chi connectivity index (χ1v) is 7.65. The predicted molar refractivity (Wildman–Crippen MR) is 81.9 cm³/mol. The zero-order valence-electron chi connectivity index (χ0n) is 12.3. The third kappa shape index (κ3) is 2.91. The van der Waals surface area contributed by atoms with Gasteiger partial charge in [0.2, 0.25) is 0 Å². The summed E-state index contributed by atoms with van der Waals surface area (Å²) < 4.78 is 5.47. The fourth-order valence-corrected chi connectivity index (χ4v) is 3.59. The minimum absolute atomic E-state index is 0.754. The number of anilines is 1. The molecule has 20 heavy (non-hydrogen) atoms. The van der Waals surface area contributed by atoms with E-state index in [9.17, 15) is 0 Å². The number of nitrogen functional groups attached to an aromatic ring is 1. The summed E-state index contributed by atoms with van der Waals surface area (Å²) in [6.07, 6.45) is 3.98. The maximum atomic E-state index is 5.92. The van der Waals surface area contributed by atoms with E-state index in [1.165, 1.54) is 51.0 Å². The molecule has 0 aliphatic carbocycles. The van der Waals surface area contributed by atoms with Crippen LogP contribution in [0.25, 0.3) is 0 Å². The van der Waals surface area contributed by atoms with Crippen LogP contribution in [0.3, 0.4) is 0 Å². The van der Waals surface area contributed by atoms with Gasteiger partial charge >= 0.3 is 0 Å². The van der Waals surface area contributed by atoms with Gasteiger partial charge in [-0.05, 0) is 57.1 Å². The number of benzene rings is 1. The molecule has 4 heteroatoms. The van der Waals surface area contributed by atoms with Crippen LogP contribution in [-0.4, -0.2) is 49.1 Å². The molecular weight excluding hydrogens is 250 g/mol. The largest absolute Gasteiger partial charge is 0.496 e. The highest BCUT2D eigenvalue weighted by Gasteiger charge is 2.28. The number of ether oxygens (including phenoxy) is 1. The van der Waals surface area contributed by atoms with Gasteiger partial charge in [0.05, 0.1) is 7.11 Å².